The molecule has 0 fully saturated rings. The van der Waals surface area contributed by atoms with Crippen LogP contribution in [0.4, 0.5) is 0 Å². The summed E-state index contributed by atoms with van der Waals surface area (Å²) in [6.07, 6.45) is 15.3. The smallest absolute Gasteiger partial charge is 0.00773 e. The van der Waals surface area contributed by atoms with Gasteiger partial charge < -0.3 is 22.9 Å². The summed E-state index contributed by atoms with van der Waals surface area (Å²) in [7, 11) is 0. The summed E-state index contributed by atoms with van der Waals surface area (Å²) < 4.78 is 0. The van der Waals surface area contributed by atoms with Crippen molar-refractivity contribution in [3.63, 3.8) is 0 Å². The van der Waals surface area contributed by atoms with Crippen molar-refractivity contribution in [2.75, 3.05) is 26.2 Å². The predicted molar refractivity (Wildman–Crippen MR) is 91.6 cm³/mol. The van der Waals surface area contributed by atoms with Crippen molar-refractivity contribution in [3.05, 3.63) is 0 Å². The minimum Gasteiger partial charge on any atom is -0.330 e. The zero-order chi connectivity index (χ0) is 15.3. The second-order valence-electron chi connectivity index (χ2n) is 5.40. The molecule has 4 nitrogen and oxygen atoms in total. The standard InChI is InChI=1S/C10H24N2.C6H16N2/c11-9-7-5-3-1-2-4-6-8-10-12;7-5-3-1-2-4-6-8/h1-12H2;1-8H2. The summed E-state index contributed by atoms with van der Waals surface area (Å²) in [6, 6.07) is 0. The molecule has 0 atom stereocenters. The summed E-state index contributed by atoms with van der Waals surface area (Å²) >= 11 is 0. The van der Waals surface area contributed by atoms with E-state index in [1.807, 2.05) is 0 Å². The van der Waals surface area contributed by atoms with Crippen molar-refractivity contribution in [2.24, 2.45) is 22.9 Å². The highest BCUT2D eigenvalue weighted by Gasteiger charge is 1.90. The van der Waals surface area contributed by atoms with Crippen molar-refractivity contribution in [1.82, 2.24) is 0 Å². The van der Waals surface area contributed by atoms with Crippen LogP contribution in [0.5, 0.6) is 0 Å². The van der Waals surface area contributed by atoms with Gasteiger partial charge in [0, 0.05) is 0 Å². The van der Waals surface area contributed by atoms with Gasteiger partial charge in [-0.25, -0.2) is 0 Å². The zero-order valence-corrected chi connectivity index (χ0v) is 13.6. The van der Waals surface area contributed by atoms with Crippen LogP contribution in [-0.2, 0) is 0 Å². The Hall–Kier alpha value is -0.160. The fourth-order valence-electron chi connectivity index (χ4n) is 1.99. The molecule has 0 aliphatic heterocycles. The highest BCUT2D eigenvalue weighted by atomic mass is 14.5. The van der Waals surface area contributed by atoms with Crippen LogP contribution in [-0.4, -0.2) is 26.2 Å². The molecule has 4 heteroatoms. The van der Waals surface area contributed by atoms with E-state index in [2.05, 4.69) is 0 Å². The van der Waals surface area contributed by atoms with E-state index in [-0.39, 0.29) is 0 Å². The molecule has 0 aromatic carbocycles. The third-order valence-corrected chi connectivity index (χ3v) is 3.32. The molecular formula is C16H40N4. The quantitative estimate of drug-likeness (QED) is 0.369. The summed E-state index contributed by atoms with van der Waals surface area (Å²) in [5.41, 5.74) is 21.3. The number of rotatable bonds is 14. The Morgan fingerprint density at radius 1 is 0.250 bits per heavy atom. The molecule has 0 radical (unpaired) electrons. The Kier molecular flexibility index (Phi) is 26.4. The highest BCUT2D eigenvalue weighted by Crippen LogP contribution is 2.07. The Bertz CT molecular complexity index is 126. The van der Waals surface area contributed by atoms with E-state index in [1.54, 1.807) is 0 Å². The first kappa shape index (κ1) is 22.1. The second-order valence-corrected chi connectivity index (χ2v) is 5.40. The number of hydrogen-bond acceptors (Lipinski definition) is 4. The maximum absolute atomic E-state index is 5.40. The van der Waals surface area contributed by atoms with Crippen molar-refractivity contribution in [1.29, 1.82) is 0 Å². The van der Waals surface area contributed by atoms with Gasteiger partial charge >= 0.3 is 0 Å². The van der Waals surface area contributed by atoms with E-state index in [1.165, 1.54) is 64.2 Å². The normalized spacial score (nSPS) is 10.2. The molecule has 0 unspecified atom stereocenters. The molecule has 20 heavy (non-hydrogen) atoms. The Morgan fingerprint density at radius 2 is 0.400 bits per heavy atom. The molecular weight excluding hydrogens is 248 g/mol. The van der Waals surface area contributed by atoms with E-state index in [9.17, 15) is 0 Å². The van der Waals surface area contributed by atoms with Crippen LogP contribution in [0.2, 0.25) is 0 Å². The third-order valence-electron chi connectivity index (χ3n) is 3.32. The molecule has 0 heterocycles. The van der Waals surface area contributed by atoms with Gasteiger partial charge in [-0.3, -0.25) is 0 Å². The van der Waals surface area contributed by atoms with E-state index >= 15 is 0 Å². The monoisotopic (exact) mass is 288 g/mol. The molecule has 0 aromatic rings. The zero-order valence-electron chi connectivity index (χ0n) is 13.6. The van der Waals surface area contributed by atoms with E-state index in [0.717, 1.165) is 39.0 Å². The lowest BCUT2D eigenvalue weighted by atomic mass is 10.1. The maximum atomic E-state index is 5.40. The van der Waals surface area contributed by atoms with E-state index < -0.39 is 0 Å². The SMILES string of the molecule is NCCCCCCCCCCN.NCCCCCCN. The topological polar surface area (TPSA) is 104 Å². The molecule has 0 spiro atoms. The van der Waals surface area contributed by atoms with Gasteiger partial charge in [0.05, 0.1) is 0 Å². The van der Waals surface area contributed by atoms with Crippen LogP contribution in [0, 0.1) is 0 Å². The third kappa shape index (κ3) is 26.4. The highest BCUT2D eigenvalue weighted by molar-refractivity contribution is 4.47. The summed E-state index contributed by atoms with van der Waals surface area (Å²) in [5.74, 6) is 0. The predicted octanol–water partition coefficient (Wildman–Crippen LogP) is 2.49. The molecule has 0 saturated carbocycles. The van der Waals surface area contributed by atoms with Gasteiger partial charge in [0.15, 0.2) is 0 Å². The van der Waals surface area contributed by atoms with Crippen LogP contribution in [0.25, 0.3) is 0 Å². The molecule has 0 amide bonds. The number of hydrogen-bond donors (Lipinski definition) is 4. The lowest BCUT2D eigenvalue weighted by molar-refractivity contribution is 0.572. The number of nitrogens with two attached hydrogens (primary N) is 4. The van der Waals surface area contributed by atoms with Crippen LogP contribution in [0.3, 0.4) is 0 Å². The fourth-order valence-corrected chi connectivity index (χ4v) is 1.99. The first-order chi connectivity index (χ1) is 9.83. The van der Waals surface area contributed by atoms with Crippen molar-refractivity contribution in [3.8, 4) is 0 Å². The minimum absolute atomic E-state index is 0.824. The van der Waals surface area contributed by atoms with Crippen LogP contribution >= 0.6 is 0 Å². The summed E-state index contributed by atoms with van der Waals surface area (Å²) in [6.45, 7) is 3.36. The molecule has 0 saturated heterocycles. The lowest BCUT2D eigenvalue weighted by Crippen LogP contribution is -2.00. The minimum atomic E-state index is 0.824. The van der Waals surface area contributed by atoms with Gasteiger partial charge in [-0.1, -0.05) is 51.4 Å². The molecule has 0 aromatic heterocycles. The van der Waals surface area contributed by atoms with Gasteiger partial charge in [0.2, 0.25) is 0 Å². The molecule has 0 aliphatic carbocycles. The average Bonchev–Trinajstić information content (AvgIpc) is 2.47. The summed E-state index contributed by atoms with van der Waals surface area (Å²) in [5, 5.41) is 0. The van der Waals surface area contributed by atoms with Crippen LogP contribution in [0.15, 0.2) is 0 Å². The molecule has 124 valence electrons. The van der Waals surface area contributed by atoms with Crippen molar-refractivity contribution < 1.29 is 0 Å². The lowest BCUT2D eigenvalue weighted by Gasteiger charge is -2.00. The van der Waals surface area contributed by atoms with Gasteiger partial charge in [-0.05, 0) is 51.9 Å². The van der Waals surface area contributed by atoms with Crippen LogP contribution in [0.1, 0.15) is 77.0 Å². The van der Waals surface area contributed by atoms with Crippen molar-refractivity contribution in [2.45, 2.75) is 77.0 Å². The van der Waals surface area contributed by atoms with Crippen molar-refractivity contribution >= 4 is 0 Å². The maximum Gasteiger partial charge on any atom is -0.00773 e. The molecule has 0 bridgehead atoms. The number of unbranched alkanes of at least 4 members (excludes halogenated alkanes) is 10. The van der Waals surface area contributed by atoms with Gasteiger partial charge in [0.25, 0.3) is 0 Å². The van der Waals surface area contributed by atoms with Gasteiger partial charge in [-0.15, -0.1) is 0 Å². The second kappa shape index (κ2) is 23.9. The molecule has 0 rings (SSSR count). The fraction of sp³-hybridized carbons (Fsp3) is 1.00. The Labute approximate surface area is 127 Å². The summed E-state index contributed by atoms with van der Waals surface area (Å²) in [4.78, 5) is 0. The van der Waals surface area contributed by atoms with E-state index in [0.29, 0.717) is 0 Å². The first-order valence-corrected chi connectivity index (χ1v) is 8.63. The first-order valence-electron chi connectivity index (χ1n) is 8.63. The van der Waals surface area contributed by atoms with Gasteiger partial charge in [-0.2, -0.15) is 0 Å². The Morgan fingerprint density at radius 3 is 0.550 bits per heavy atom. The van der Waals surface area contributed by atoms with Gasteiger partial charge in [0.1, 0.15) is 0 Å². The Balaban J connectivity index is 0. The molecule has 8 N–H and O–H groups in total. The largest absolute Gasteiger partial charge is 0.330 e. The van der Waals surface area contributed by atoms with E-state index in [4.69, 9.17) is 22.9 Å². The molecule has 0 aliphatic rings. The average molecular weight is 289 g/mol. The van der Waals surface area contributed by atoms with Crippen LogP contribution < -0.4 is 22.9 Å².